The molecule has 7 heteroatoms. The maximum absolute atomic E-state index is 13.3. The second-order valence-corrected chi connectivity index (χ2v) is 7.81. The summed E-state index contributed by atoms with van der Waals surface area (Å²) in [4.78, 5) is 7.01. The Morgan fingerprint density at radius 3 is 2.45 bits per heavy atom. The number of likely N-dealkylation sites (tertiary alicyclic amines) is 1. The Kier molecular flexibility index (Phi) is 6.75. The number of rotatable bonds is 5. The van der Waals surface area contributed by atoms with Crippen molar-refractivity contribution in [1.82, 2.24) is 24.2 Å². The van der Waals surface area contributed by atoms with Crippen LogP contribution in [0.5, 0.6) is 0 Å². The number of hydrogen-bond donors (Lipinski definition) is 0. The molecule has 29 heavy (non-hydrogen) atoms. The molecule has 1 unspecified atom stereocenters. The molecule has 0 bridgehead atoms. The number of piperidine rings is 1. The molecule has 1 aliphatic rings. The summed E-state index contributed by atoms with van der Waals surface area (Å²) in [5.74, 6) is -0.240. The Balaban J connectivity index is 0.00000240. The van der Waals surface area contributed by atoms with E-state index < -0.39 is 0 Å². The van der Waals surface area contributed by atoms with E-state index in [1.165, 1.54) is 44.5 Å². The van der Waals surface area contributed by atoms with Gasteiger partial charge in [0, 0.05) is 18.2 Å². The quantitative estimate of drug-likeness (QED) is 0.599. The summed E-state index contributed by atoms with van der Waals surface area (Å²) in [5.41, 5.74) is 5.05. The smallest absolute Gasteiger partial charge is 0.123 e. The highest BCUT2D eigenvalue weighted by molar-refractivity contribution is 5.85. The summed E-state index contributed by atoms with van der Waals surface area (Å²) < 4.78 is 17.4. The topological polar surface area (TPSA) is 38.9 Å². The van der Waals surface area contributed by atoms with Crippen molar-refractivity contribution in [2.75, 3.05) is 13.1 Å². The Bertz CT molecular complexity index is 941. The van der Waals surface area contributed by atoms with Crippen LogP contribution in [0.2, 0.25) is 0 Å². The molecule has 0 aliphatic carbocycles. The molecule has 0 amide bonds. The monoisotopic (exact) mass is 417 g/mol. The third kappa shape index (κ3) is 4.38. The fraction of sp³-hybridized carbons (Fsp3) is 0.455. The summed E-state index contributed by atoms with van der Waals surface area (Å²) in [6, 6.07) is 6.93. The van der Waals surface area contributed by atoms with E-state index in [0.717, 1.165) is 34.9 Å². The minimum atomic E-state index is -0.240. The number of imidazole rings is 1. The summed E-state index contributed by atoms with van der Waals surface area (Å²) in [5, 5.41) is 4.72. The Labute approximate surface area is 178 Å². The molecule has 5 nitrogen and oxygen atoms in total. The van der Waals surface area contributed by atoms with Gasteiger partial charge in [0.05, 0.1) is 35.3 Å². The second kappa shape index (κ2) is 9.09. The van der Waals surface area contributed by atoms with Gasteiger partial charge in [-0.05, 0) is 71.0 Å². The first kappa shape index (κ1) is 21.5. The number of halogens is 2. The van der Waals surface area contributed by atoms with Gasteiger partial charge in [-0.3, -0.25) is 4.90 Å². The summed E-state index contributed by atoms with van der Waals surface area (Å²) in [6.07, 6.45) is 7.78. The molecule has 1 fully saturated rings. The fourth-order valence-corrected chi connectivity index (χ4v) is 4.28. The summed E-state index contributed by atoms with van der Waals surface area (Å²) >= 11 is 0. The average Bonchev–Trinajstić information content (AvgIpc) is 3.26. The molecule has 0 radical (unpaired) electrons. The van der Waals surface area contributed by atoms with Crippen molar-refractivity contribution in [3.63, 3.8) is 0 Å². The maximum atomic E-state index is 13.3. The molecule has 1 aromatic carbocycles. The van der Waals surface area contributed by atoms with Crippen molar-refractivity contribution in [1.29, 1.82) is 0 Å². The van der Waals surface area contributed by atoms with Gasteiger partial charge in [-0.1, -0.05) is 6.42 Å². The molecule has 3 heterocycles. The first-order valence-electron chi connectivity index (χ1n) is 10.1. The Hall–Kier alpha value is -2.18. The van der Waals surface area contributed by atoms with Crippen LogP contribution in [-0.4, -0.2) is 43.4 Å². The molecule has 2 aromatic heterocycles. The predicted molar refractivity (Wildman–Crippen MR) is 116 cm³/mol. The van der Waals surface area contributed by atoms with Crippen LogP contribution in [0.4, 0.5) is 4.39 Å². The van der Waals surface area contributed by atoms with Crippen LogP contribution in [0, 0.1) is 19.7 Å². The van der Waals surface area contributed by atoms with Gasteiger partial charge in [0.1, 0.15) is 5.82 Å². The van der Waals surface area contributed by atoms with E-state index in [0.29, 0.717) is 6.04 Å². The highest BCUT2D eigenvalue weighted by atomic mass is 35.5. The van der Waals surface area contributed by atoms with Crippen molar-refractivity contribution in [3.8, 4) is 16.9 Å². The van der Waals surface area contributed by atoms with E-state index in [4.69, 9.17) is 5.10 Å². The van der Waals surface area contributed by atoms with E-state index >= 15 is 0 Å². The molecule has 0 N–H and O–H groups in total. The lowest BCUT2D eigenvalue weighted by atomic mass is 10.1. The average molecular weight is 418 g/mol. The van der Waals surface area contributed by atoms with Crippen LogP contribution in [0.25, 0.3) is 16.9 Å². The molecule has 156 valence electrons. The van der Waals surface area contributed by atoms with Crippen LogP contribution in [0.1, 0.15) is 37.6 Å². The van der Waals surface area contributed by atoms with Crippen molar-refractivity contribution < 1.29 is 4.39 Å². The minimum absolute atomic E-state index is 0. The summed E-state index contributed by atoms with van der Waals surface area (Å²) in [7, 11) is 0. The first-order valence-corrected chi connectivity index (χ1v) is 10.1. The van der Waals surface area contributed by atoms with Crippen molar-refractivity contribution >= 4 is 12.4 Å². The van der Waals surface area contributed by atoms with Gasteiger partial charge in [0.15, 0.2) is 0 Å². The van der Waals surface area contributed by atoms with E-state index in [-0.39, 0.29) is 18.2 Å². The van der Waals surface area contributed by atoms with E-state index in [2.05, 4.69) is 28.3 Å². The second-order valence-electron chi connectivity index (χ2n) is 7.81. The molecule has 4 rings (SSSR count). The van der Waals surface area contributed by atoms with Gasteiger partial charge >= 0.3 is 0 Å². The fourth-order valence-electron chi connectivity index (χ4n) is 4.28. The number of benzene rings is 1. The minimum Gasteiger partial charge on any atom is -0.329 e. The van der Waals surface area contributed by atoms with E-state index in [1.54, 1.807) is 12.1 Å². The van der Waals surface area contributed by atoms with Gasteiger partial charge < -0.3 is 4.57 Å². The zero-order valence-corrected chi connectivity index (χ0v) is 18.1. The Morgan fingerprint density at radius 2 is 1.76 bits per heavy atom. The lowest BCUT2D eigenvalue weighted by molar-refractivity contribution is 0.160. The Morgan fingerprint density at radius 1 is 1.07 bits per heavy atom. The lowest BCUT2D eigenvalue weighted by Crippen LogP contribution is -2.39. The van der Waals surface area contributed by atoms with Crippen LogP contribution >= 0.6 is 12.4 Å². The van der Waals surface area contributed by atoms with Crippen LogP contribution in [0.15, 0.2) is 36.8 Å². The SMILES string of the molecule is Cc1nn(-c2ccc(F)cc2)c(C)c1-c1cncn1CC(C)N1CCCCC1.Cl. The third-order valence-electron chi connectivity index (χ3n) is 5.81. The maximum Gasteiger partial charge on any atom is 0.123 e. The molecule has 3 aromatic rings. The number of aryl methyl sites for hydroxylation is 1. The number of aromatic nitrogens is 4. The molecular formula is C22H29ClFN5. The molecule has 1 saturated heterocycles. The largest absolute Gasteiger partial charge is 0.329 e. The number of hydrogen-bond acceptors (Lipinski definition) is 3. The van der Waals surface area contributed by atoms with E-state index in [9.17, 15) is 4.39 Å². The van der Waals surface area contributed by atoms with Gasteiger partial charge in [-0.25, -0.2) is 14.1 Å². The van der Waals surface area contributed by atoms with Crippen molar-refractivity contribution in [2.24, 2.45) is 0 Å². The van der Waals surface area contributed by atoms with Crippen LogP contribution < -0.4 is 0 Å². The standard InChI is InChI=1S/C22H28FN5.ClH/c1-16(26-11-5-4-6-12-26)14-27-15-24-13-21(27)22-17(2)25-28(18(22)3)20-9-7-19(23)8-10-20;/h7-10,13,15-16H,4-6,11-12,14H2,1-3H3;1H. The van der Waals surface area contributed by atoms with Crippen molar-refractivity contribution in [3.05, 3.63) is 54.0 Å². The predicted octanol–water partition coefficient (Wildman–Crippen LogP) is 4.79. The van der Waals surface area contributed by atoms with E-state index in [1.807, 2.05) is 24.1 Å². The number of nitrogens with zero attached hydrogens (tertiary/aromatic N) is 5. The normalized spacial score (nSPS) is 15.9. The van der Waals surface area contributed by atoms with Crippen LogP contribution in [-0.2, 0) is 6.54 Å². The molecule has 0 spiro atoms. The van der Waals surface area contributed by atoms with Gasteiger partial charge in [-0.15, -0.1) is 12.4 Å². The summed E-state index contributed by atoms with van der Waals surface area (Å²) in [6.45, 7) is 9.67. The third-order valence-corrected chi connectivity index (χ3v) is 5.81. The molecule has 1 atom stereocenters. The molecule has 0 saturated carbocycles. The van der Waals surface area contributed by atoms with Gasteiger partial charge in [-0.2, -0.15) is 5.10 Å². The molecular weight excluding hydrogens is 389 g/mol. The highest BCUT2D eigenvalue weighted by Gasteiger charge is 2.21. The van der Waals surface area contributed by atoms with Crippen molar-refractivity contribution in [2.45, 2.75) is 52.6 Å². The van der Waals surface area contributed by atoms with Gasteiger partial charge in [0.25, 0.3) is 0 Å². The van der Waals surface area contributed by atoms with Crippen LogP contribution in [0.3, 0.4) is 0 Å². The zero-order valence-electron chi connectivity index (χ0n) is 17.3. The lowest BCUT2D eigenvalue weighted by Gasteiger charge is -2.32. The highest BCUT2D eigenvalue weighted by Crippen LogP contribution is 2.29. The molecule has 1 aliphatic heterocycles. The first-order chi connectivity index (χ1) is 13.5. The van der Waals surface area contributed by atoms with Gasteiger partial charge in [0.2, 0.25) is 0 Å². The zero-order chi connectivity index (χ0) is 19.7.